The van der Waals surface area contributed by atoms with Crippen LogP contribution in [0.4, 0.5) is 0 Å². The lowest BCUT2D eigenvalue weighted by Crippen LogP contribution is -2.01. The molecular weight excluding hydrogens is 697 g/mol. The van der Waals surface area contributed by atoms with Gasteiger partial charge in [0.25, 0.3) is 0 Å². The van der Waals surface area contributed by atoms with Crippen molar-refractivity contribution in [3.63, 3.8) is 0 Å². The maximum atomic E-state index is 10.5. The molecule has 0 saturated carbocycles. The summed E-state index contributed by atoms with van der Waals surface area (Å²) in [5.41, 5.74) is 12.6. The normalized spacial score (nSPS) is 11.5. The molecule has 3 heterocycles. The van der Waals surface area contributed by atoms with E-state index in [-0.39, 0.29) is 0 Å². The zero-order chi connectivity index (χ0) is 38.2. The molecule has 0 radical (unpaired) electrons. The van der Waals surface area contributed by atoms with Crippen molar-refractivity contribution in [1.29, 1.82) is 15.8 Å². The fourth-order valence-electron chi connectivity index (χ4n) is 8.88. The van der Waals surface area contributed by atoms with Gasteiger partial charge >= 0.3 is 0 Å². The first-order valence-electron chi connectivity index (χ1n) is 18.7. The van der Waals surface area contributed by atoms with Crippen LogP contribution in [0.2, 0.25) is 0 Å². The summed E-state index contributed by atoms with van der Waals surface area (Å²) in [5, 5.41) is 36.5. The van der Waals surface area contributed by atoms with Crippen molar-refractivity contribution in [2.45, 2.75) is 0 Å². The minimum atomic E-state index is 0.519. The zero-order valence-corrected chi connectivity index (χ0v) is 30.3. The van der Waals surface area contributed by atoms with E-state index >= 15 is 0 Å². The molecule has 0 saturated heterocycles. The maximum Gasteiger partial charge on any atom is 0.101 e. The Morgan fingerprint density at radius 1 is 0.333 bits per heavy atom. The molecule has 0 atom stereocenters. The largest absolute Gasteiger partial charge is 0.309 e. The van der Waals surface area contributed by atoms with Crippen LogP contribution in [0, 0.1) is 34.0 Å². The smallest absolute Gasteiger partial charge is 0.101 e. The second-order valence-corrected chi connectivity index (χ2v) is 14.3. The Hall–Kier alpha value is -8.37. The summed E-state index contributed by atoms with van der Waals surface area (Å²) in [6.45, 7) is 0. The molecule has 8 aromatic carbocycles. The molecule has 6 nitrogen and oxygen atoms in total. The van der Waals surface area contributed by atoms with Crippen LogP contribution < -0.4 is 0 Å². The molecule has 11 aromatic rings. The Bertz CT molecular complexity index is 3490. The number of para-hydroxylation sites is 4. The van der Waals surface area contributed by atoms with Gasteiger partial charge in [-0.1, -0.05) is 78.9 Å². The summed E-state index contributed by atoms with van der Waals surface area (Å²) in [6, 6.07) is 65.0. The second-order valence-electron chi connectivity index (χ2n) is 14.3. The number of nitrogens with zero attached hydrogens (tertiary/aromatic N) is 6. The summed E-state index contributed by atoms with van der Waals surface area (Å²) in [6.07, 6.45) is 0. The number of aromatic nitrogens is 3. The minimum absolute atomic E-state index is 0.519. The summed E-state index contributed by atoms with van der Waals surface area (Å²) < 4.78 is 6.78. The maximum absolute atomic E-state index is 10.5. The van der Waals surface area contributed by atoms with Crippen LogP contribution >= 0.6 is 0 Å². The first-order chi connectivity index (χ1) is 28.1. The third-order valence-electron chi connectivity index (χ3n) is 11.3. The number of benzene rings is 8. The van der Waals surface area contributed by atoms with Crippen molar-refractivity contribution in [1.82, 2.24) is 13.7 Å². The van der Waals surface area contributed by atoms with Gasteiger partial charge in [0.2, 0.25) is 0 Å². The number of rotatable bonds is 4. The van der Waals surface area contributed by atoms with E-state index < -0.39 is 0 Å². The van der Waals surface area contributed by atoms with E-state index in [9.17, 15) is 15.8 Å². The molecule has 0 N–H and O–H groups in total. The SMILES string of the molecule is N#Cc1ccc2c(c1)c1cc(C#N)ccc1n2-c1c(C#N)cccc1-c1ccc(-n2c3ccccc3c3cc(-n4c5ccccc5c5ccccc54)ccc32)cc1. The van der Waals surface area contributed by atoms with Gasteiger partial charge in [-0.05, 0) is 96.6 Å². The van der Waals surface area contributed by atoms with Gasteiger partial charge in [-0.25, -0.2) is 0 Å². The number of nitriles is 3. The predicted molar refractivity (Wildman–Crippen MR) is 229 cm³/mol. The van der Waals surface area contributed by atoms with Crippen LogP contribution in [0.1, 0.15) is 16.7 Å². The van der Waals surface area contributed by atoms with Crippen molar-refractivity contribution in [2.24, 2.45) is 0 Å². The monoisotopic (exact) mass is 724 g/mol. The van der Waals surface area contributed by atoms with E-state index in [1.165, 1.54) is 32.6 Å². The van der Waals surface area contributed by atoms with Gasteiger partial charge in [0, 0.05) is 49.3 Å². The average Bonchev–Trinajstić information content (AvgIpc) is 3.91. The third kappa shape index (κ3) is 4.68. The van der Waals surface area contributed by atoms with E-state index in [1.807, 2.05) is 42.5 Å². The van der Waals surface area contributed by atoms with Gasteiger partial charge in [0.05, 0.1) is 67.6 Å². The van der Waals surface area contributed by atoms with Crippen molar-refractivity contribution < 1.29 is 0 Å². The molecule has 0 aliphatic carbocycles. The van der Waals surface area contributed by atoms with Gasteiger partial charge in [0.1, 0.15) is 6.07 Å². The van der Waals surface area contributed by atoms with Crippen LogP contribution in [0.25, 0.3) is 93.6 Å². The summed E-state index contributed by atoms with van der Waals surface area (Å²) in [7, 11) is 0. The quantitative estimate of drug-likeness (QED) is 0.181. The lowest BCUT2D eigenvalue weighted by atomic mass is 9.99. The zero-order valence-electron chi connectivity index (χ0n) is 30.3. The van der Waals surface area contributed by atoms with E-state index in [1.54, 1.807) is 12.1 Å². The fourth-order valence-corrected chi connectivity index (χ4v) is 8.88. The molecule has 0 spiro atoms. The Morgan fingerprint density at radius 2 is 0.789 bits per heavy atom. The standard InChI is InChI=1S/C51H28N6/c52-29-32-16-23-49-42(26-32)43-27-33(30-53)17-24-50(43)57(49)51-35(31-54)8-7-12-38(51)34-18-20-36(21-19-34)55-47-15-6-3-11-41(47)44-28-37(22-25-48(44)55)56-45-13-4-1-9-39(45)40-10-2-5-14-46(40)56/h1-28H. The van der Waals surface area contributed by atoms with Crippen LogP contribution in [0.15, 0.2) is 170 Å². The van der Waals surface area contributed by atoms with Crippen LogP contribution in [-0.2, 0) is 0 Å². The molecule has 57 heavy (non-hydrogen) atoms. The van der Waals surface area contributed by atoms with Crippen molar-refractivity contribution >= 4 is 65.4 Å². The molecule has 0 unspecified atom stereocenters. The molecular formula is C51H28N6. The number of fused-ring (bicyclic) bond motifs is 9. The van der Waals surface area contributed by atoms with E-state index in [0.29, 0.717) is 16.7 Å². The average molecular weight is 725 g/mol. The molecule has 0 fully saturated rings. The van der Waals surface area contributed by atoms with Gasteiger partial charge in [-0.15, -0.1) is 0 Å². The summed E-state index contributed by atoms with van der Waals surface area (Å²) in [5.74, 6) is 0. The lowest BCUT2D eigenvalue weighted by molar-refractivity contribution is 1.16. The molecule has 0 aliphatic heterocycles. The fraction of sp³-hybridized carbons (Fsp3) is 0. The highest BCUT2D eigenvalue weighted by atomic mass is 15.0. The first kappa shape index (κ1) is 32.1. The molecule has 11 rings (SSSR count). The van der Waals surface area contributed by atoms with E-state index in [2.05, 4.69) is 147 Å². The molecule has 3 aromatic heterocycles. The highest BCUT2D eigenvalue weighted by Gasteiger charge is 2.21. The third-order valence-corrected chi connectivity index (χ3v) is 11.3. The molecule has 0 amide bonds. The Balaban J connectivity index is 1.08. The Labute approximate surface area is 326 Å². The molecule has 0 bridgehead atoms. The first-order valence-corrected chi connectivity index (χ1v) is 18.7. The van der Waals surface area contributed by atoms with Gasteiger partial charge in [0.15, 0.2) is 0 Å². The van der Waals surface area contributed by atoms with Crippen LogP contribution in [0.5, 0.6) is 0 Å². The van der Waals surface area contributed by atoms with Crippen molar-refractivity contribution in [3.05, 3.63) is 187 Å². The Kier molecular flexibility index (Phi) is 6.95. The highest BCUT2D eigenvalue weighted by molar-refractivity contribution is 6.13. The molecule has 6 heteroatoms. The van der Waals surface area contributed by atoms with Crippen molar-refractivity contribution in [2.75, 3.05) is 0 Å². The predicted octanol–water partition coefficient (Wildman–Crippen LogP) is 12.3. The summed E-state index contributed by atoms with van der Waals surface area (Å²) in [4.78, 5) is 0. The van der Waals surface area contributed by atoms with Crippen LogP contribution in [0.3, 0.4) is 0 Å². The second kappa shape index (κ2) is 12.3. The minimum Gasteiger partial charge on any atom is -0.309 e. The molecule has 0 aliphatic rings. The van der Waals surface area contributed by atoms with Crippen molar-refractivity contribution in [3.8, 4) is 46.4 Å². The Morgan fingerprint density at radius 3 is 1.35 bits per heavy atom. The van der Waals surface area contributed by atoms with Gasteiger partial charge in [-0.3, -0.25) is 0 Å². The number of hydrogen-bond acceptors (Lipinski definition) is 3. The highest BCUT2D eigenvalue weighted by Crippen LogP contribution is 2.40. The number of hydrogen-bond donors (Lipinski definition) is 0. The topological polar surface area (TPSA) is 86.2 Å². The van der Waals surface area contributed by atoms with E-state index in [0.717, 1.165) is 61.0 Å². The molecule has 262 valence electrons. The van der Waals surface area contributed by atoms with Crippen LogP contribution in [-0.4, -0.2) is 13.7 Å². The van der Waals surface area contributed by atoms with E-state index in [4.69, 9.17) is 0 Å². The van der Waals surface area contributed by atoms with Gasteiger partial charge < -0.3 is 13.7 Å². The van der Waals surface area contributed by atoms with Gasteiger partial charge in [-0.2, -0.15) is 15.8 Å². The lowest BCUT2D eigenvalue weighted by Gasteiger charge is -2.16. The summed E-state index contributed by atoms with van der Waals surface area (Å²) >= 11 is 0.